The van der Waals surface area contributed by atoms with Gasteiger partial charge in [-0.05, 0) is 50.5 Å². The lowest BCUT2D eigenvalue weighted by Gasteiger charge is -2.20. The molecule has 2 N–H and O–H groups in total. The van der Waals surface area contributed by atoms with Crippen LogP contribution < -0.4 is 5.73 Å². The van der Waals surface area contributed by atoms with Crippen LogP contribution in [0, 0.1) is 5.92 Å². The van der Waals surface area contributed by atoms with E-state index in [4.69, 9.17) is 5.73 Å². The Morgan fingerprint density at radius 2 is 1.72 bits per heavy atom. The highest BCUT2D eigenvalue weighted by Gasteiger charge is 2.35. The first kappa shape index (κ1) is 29.3. The van der Waals surface area contributed by atoms with Crippen molar-refractivity contribution in [1.82, 2.24) is 9.78 Å². The summed E-state index contributed by atoms with van der Waals surface area (Å²) >= 11 is 0. The normalized spacial score (nSPS) is 13.3. The van der Waals surface area contributed by atoms with Crippen LogP contribution in [0.4, 0.5) is 13.2 Å². The summed E-state index contributed by atoms with van der Waals surface area (Å²) in [6.45, 7) is 16.9. The van der Waals surface area contributed by atoms with Crippen LogP contribution in [-0.2, 0) is 17.5 Å². The van der Waals surface area contributed by atoms with Gasteiger partial charge in [-0.15, -0.1) is 0 Å². The lowest BCUT2D eigenvalue weighted by atomic mass is 10.0. The lowest BCUT2D eigenvalue weighted by Crippen LogP contribution is -2.38. The van der Waals surface area contributed by atoms with Gasteiger partial charge in [0.15, 0.2) is 11.5 Å². The number of allylic oxidation sites excluding steroid dienone is 4. The molecule has 0 fully saturated rings. The number of aromatic nitrogens is 2. The summed E-state index contributed by atoms with van der Waals surface area (Å²) in [6.07, 6.45) is 0.985. The second kappa shape index (κ2) is 13.4. The molecule has 0 aliphatic rings. The van der Waals surface area contributed by atoms with Crippen molar-refractivity contribution in [3.63, 3.8) is 0 Å². The van der Waals surface area contributed by atoms with E-state index in [1.165, 1.54) is 23.8 Å². The summed E-state index contributed by atoms with van der Waals surface area (Å²) in [5.41, 5.74) is 5.08. The molecule has 29 heavy (non-hydrogen) atoms. The second-order valence-electron chi connectivity index (χ2n) is 7.01. The van der Waals surface area contributed by atoms with Crippen molar-refractivity contribution in [2.75, 3.05) is 0 Å². The molecule has 0 saturated heterocycles. The number of hydrogen-bond acceptors (Lipinski definition) is 3. The Balaban J connectivity index is 0. The van der Waals surface area contributed by atoms with Gasteiger partial charge < -0.3 is 5.73 Å². The number of alkyl halides is 3. The zero-order valence-electron chi connectivity index (χ0n) is 19.3. The van der Waals surface area contributed by atoms with Crippen molar-refractivity contribution in [3.05, 3.63) is 35.7 Å². The number of nitrogens with two attached hydrogens (primary N) is 1. The molecule has 0 spiro atoms. The molecular weight excluding hydrogens is 379 g/mol. The Kier molecular flexibility index (Phi) is 13.5. The van der Waals surface area contributed by atoms with Crippen molar-refractivity contribution in [1.29, 1.82) is 0 Å². The van der Waals surface area contributed by atoms with Crippen LogP contribution in [0.3, 0.4) is 0 Å². The molecule has 0 radical (unpaired) electrons. The predicted octanol–water partition coefficient (Wildman–Crippen LogP) is 6.27. The molecule has 0 saturated carbocycles. The van der Waals surface area contributed by atoms with Crippen molar-refractivity contribution < 1.29 is 18.0 Å². The minimum absolute atomic E-state index is 0.115. The number of hydrogen-bond donors (Lipinski definition) is 1. The topological polar surface area (TPSA) is 60.9 Å². The molecule has 1 aromatic heterocycles. The van der Waals surface area contributed by atoms with Gasteiger partial charge in [-0.25, -0.2) is 0 Å². The van der Waals surface area contributed by atoms with E-state index in [0.29, 0.717) is 11.3 Å². The number of nitrogens with zero attached hydrogens (tertiary/aromatic N) is 2. The smallest absolute Gasteiger partial charge is 0.324 e. The highest BCUT2D eigenvalue weighted by molar-refractivity contribution is 5.90. The average Bonchev–Trinajstić information content (AvgIpc) is 3.03. The molecule has 0 aromatic carbocycles. The highest BCUT2D eigenvalue weighted by Crippen LogP contribution is 2.31. The zero-order valence-corrected chi connectivity index (χ0v) is 19.3. The summed E-state index contributed by atoms with van der Waals surface area (Å²) in [6, 6.07) is 1.00. The summed E-state index contributed by atoms with van der Waals surface area (Å²) in [4.78, 5) is 11.3. The van der Waals surface area contributed by atoms with E-state index in [2.05, 4.69) is 5.10 Å². The average molecular weight is 418 g/mol. The molecule has 0 amide bonds. The summed E-state index contributed by atoms with van der Waals surface area (Å²) < 4.78 is 40.6. The Morgan fingerprint density at radius 1 is 1.21 bits per heavy atom. The maximum absolute atomic E-state index is 13.1. The van der Waals surface area contributed by atoms with Crippen LogP contribution in [0.5, 0.6) is 0 Å². The quantitative estimate of drug-likeness (QED) is 0.420. The highest BCUT2D eigenvalue weighted by atomic mass is 19.4. The molecule has 1 unspecified atom stereocenters. The van der Waals surface area contributed by atoms with Crippen LogP contribution in [0.1, 0.15) is 80.1 Å². The minimum Gasteiger partial charge on any atom is -0.324 e. The van der Waals surface area contributed by atoms with E-state index in [9.17, 15) is 18.0 Å². The van der Waals surface area contributed by atoms with Crippen molar-refractivity contribution in [2.45, 2.75) is 87.0 Å². The molecule has 1 atom stereocenters. The lowest BCUT2D eigenvalue weighted by molar-refractivity contribution is -0.141. The maximum atomic E-state index is 13.1. The maximum Gasteiger partial charge on any atom is 0.435 e. The van der Waals surface area contributed by atoms with E-state index in [-0.39, 0.29) is 18.2 Å². The number of halogens is 3. The van der Waals surface area contributed by atoms with Gasteiger partial charge in [-0.2, -0.15) is 18.3 Å². The third-order valence-electron chi connectivity index (χ3n) is 3.53. The fraction of sp³-hybridized carbons (Fsp3) is 0.636. The molecule has 7 heteroatoms. The van der Waals surface area contributed by atoms with Crippen LogP contribution in [0.15, 0.2) is 24.3 Å². The van der Waals surface area contributed by atoms with Gasteiger partial charge in [0.25, 0.3) is 0 Å². The first-order valence-electron chi connectivity index (χ1n) is 10.2. The third kappa shape index (κ3) is 11.6. The van der Waals surface area contributed by atoms with Crippen molar-refractivity contribution in [2.24, 2.45) is 11.7 Å². The van der Waals surface area contributed by atoms with Gasteiger partial charge in [0.2, 0.25) is 0 Å². The summed E-state index contributed by atoms with van der Waals surface area (Å²) in [7, 11) is 0. The Labute approximate surface area is 174 Å². The first-order chi connectivity index (χ1) is 13.3. The van der Waals surface area contributed by atoms with E-state index < -0.39 is 17.4 Å². The van der Waals surface area contributed by atoms with Crippen LogP contribution in [0.2, 0.25) is 0 Å². The van der Waals surface area contributed by atoms with Gasteiger partial charge in [0, 0.05) is 5.54 Å². The summed E-state index contributed by atoms with van der Waals surface area (Å²) in [5.74, 6) is -0.0495. The van der Waals surface area contributed by atoms with Gasteiger partial charge in [-0.3, -0.25) is 9.48 Å². The summed E-state index contributed by atoms with van der Waals surface area (Å²) in [5, 5.41) is 3.70. The Morgan fingerprint density at radius 3 is 2.10 bits per heavy atom. The first-order valence-corrected chi connectivity index (χ1v) is 10.2. The fourth-order valence-electron chi connectivity index (χ4n) is 2.15. The van der Waals surface area contributed by atoms with E-state index >= 15 is 0 Å². The minimum atomic E-state index is -4.55. The van der Waals surface area contributed by atoms with E-state index in [1.54, 1.807) is 13.8 Å². The SMILES string of the molecule is CC.CC.CCC(C)/C=C(\C=C/C(C)=O)c1cc(C(F)(F)F)nn1CC(C)(C)N. The van der Waals surface area contributed by atoms with Crippen LogP contribution >= 0.6 is 0 Å². The number of rotatable bonds is 7. The number of ketones is 1. The molecule has 1 aromatic rings. The molecule has 0 aliphatic heterocycles. The van der Waals surface area contributed by atoms with E-state index in [0.717, 1.165) is 12.5 Å². The predicted molar refractivity (Wildman–Crippen MR) is 115 cm³/mol. The number of carbonyl (C=O) groups is 1. The molecule has 1 rings (SSSR count). The molecule has 168 valence electrons. The largest absolute Gasteiger partial charge is 0.435 e. The van der Waals surface area contributed by atoms with Crippen LogP contribution in [0.25, 0.3) is 5.57 Å². The van der Waals surface area contributed by atoms with Crippen molar-refractivity contribution >= 4 is 11.4 Å². The number of carbonyl (C=O) groups excluding carboxylic acids is 1. The van der Waals surface area contributed by atoms with Gasteiger partial charge in [-0.1, -0.05) is 54.0 Å². The fourth-order valence-corrected chi connectivity index (χ4v) is 2.15. The monoisotopic (exact) mass is 417 g/mol. The van der Waals surface area contributed by atoms with Gasteiger partial charge in [0.05, 0.1) is 12.2 Å². The molecular formula is C22H38F3N3O. The standard InChI is InChI=1S/C18H26F3N3O.2C2H6/c1-6-12(2)9-14(8-7-13(3)25)15-10-16(18(19,20)21)23-24(15)11-17(4,5)22;2*1-2/h7-10,12H,6,11,22H2,1-5H3;2*1-2H3/b8-7-,14-9+;;. The van der Waals surface area contributed by atoms with E-state index in [1.807, 2.05) is 47.6 Å². The van der Waals surface area contributed by atoms with Crippen molar-refractivity contribution in [3.8, 4) is 0 Å². The molecule has 0 bridgehead atoms. The zero-order chi connectivity index (χ0) is 23.4. The van der Waals surface area contributed by atoms with Gasteiger partial charge in [0.1, 0.15) is 0 Å². The molecule has 4 nitrogen and oxygen atoms in total. The third-order valence-corrected chi connectivity index (χ3v) is 3.53. The second-order valence-corrected chi connectivity index (χ2v) is 7.01. The molecule has 0 aliphatic carbocycles. The van der Waals surface area contributed by atoms with Gasteiger partial charge >= 0.3 is 6.18 Å². The van der Waals surface area contributed by atoms with Crippen LogP contribution in [-0.4, -0.2) is 21.1 Å². The molecule has 1 heterocycles. The Hall–Kier alpha value is -1.89. The Bertz CT molecular complexity index is 666.